The summed E-state index contributed by atoms with van der Waals surface area (Å²) in [5.41, 5.74) is 7.42. The van der Waals surface area contributed by atoms with E-state index in [1.807, 2.05) is 92.1 Å². The van der Waals surface area contributed by atoms with E-state index in [1.165, 1.54) is 15.6 Å². The van der Waals surface area contributed by atoms with Crippen molar-refractivity contribution >= 4 is 79.0 Å². The van der Waals surface area contributed by atoms with Gasteiger partial charge in [-0.2, -0.15) is 0 Å². The van der Waals surface area contributed by atoms with Crippen LogP contribution >= 0.6 is 0 Å². The highest BCUT2D eigenvalue weighted by Gasteiger charge is 2.51. The first-order chi connectivity index (χ1) is 28.1. The third-order valence-electron chi connectivity index (χ3n) is 11.6. The molecule has 1 aliphatic rings. The van der Waals surface area contributed by atoms with Gasteiger partial charge in [0.05, 0.1) is 11.0 Å². The summed E-state index contributed by atoms with van der Waals surface area (Å²) in [6.45, 7) is 0. The first-order valence-electron chi connectivity index (χ1n) is 19.2. The number of benzene rings is 7. The van der Waals surface area contributed by atoms with Crippen LogP contribution in [0.3, 0.4) is 0 Å². The number of anilines is 3. The summed E-state index contributed by atoms with van der Waals surface area (Å²) < 4.78 is 26.0. The summed E-state index contributed by atoms with van der Waals surface area (Å²) >= 11 is 0. The number of hydrogen-bond acceptors (Lipinski definition) is 4. The fourth-order valence-corrected chi connectivity index (χ4v) is 14.2. The summed E-state index contributed by atoms with van der Waals surface area (Å²) in [5.74, 6) is 1.59. The number of aromatic nitrogens is 3. The fourth-order valence-electron chi connectivity index (χ4n) is 9.07. The number of halogens is 1. The second kappa shape index (κ2) is 13.0. The molecule has 1 aliphatic heterocycles. The molecule has 0 radical (unpaired) electrons. The van der Waals surface area contributed by atoms with Gasteiger partial charge in [-0.05, 0) is 69.2 Å². The van der Waals surface area contributed by atoms with Crippen molar-refractivity contribution in [2.24, 2.45) is 7.05 Å². The van der Waals surface area contributed by atoms with Gasteiger partial charge < -0.3 is 8.98 Å². The number of alkyl halides is 1. The van der Waals surface area contributed by atoms with Crippen molar-refractivity contribution in [1.82, 2.24) is 14.5 Å². The van der Waals surface area contributed by atoms with Crippen LogP contribution in [0, 0.1) is 0 Å². The minimum Gasteiger partial charge on any atom is -0.456 e. The van der Waals surface area contributed by atoms with Crippen molar-refractivity contribution in [3.8, 4) is 11.4 Å². The number of pyridine rings is 1. The summed E-state index contributed by atoms with van der Waals surface area (Å²) in [6, 6.07) is 62.1. The van der Waals surface area contributed by atoms with Gasteiger partial charge in [-0.1, -0.05) is 140 Å². The average Bonchev–Trinajstić information content (AvgIpc) is 3.83. The van der Waals surface area contributed by atoms with E-state index in [9.17, 15) is 0 Å². The smallest absolute Gasteiger partial charge is 0.191 e. The maximum atomic E-state index is 17.0. The average molecular weight is 755 g/mol. The molecule has 0 N–H and O–H groups in total. The molecule has 11 rings (SSSR count). The van der Waals surface area contributed by atoms with Gasteiger partial charge in [0.1, 0.15) is 22.8 Å². The molecule has 1 unspecified atom stereocenters. The number of hydrogen-bond donors (Lipinski definition) is 0. The van der Waals surface area contributed by atoms with Crippen LogP contribution in [-0.2, 0) is 7.05 Å². The standard InChI is InChI=1S/C50H35FN4OSi/c1-54-42-26-10-9-25-41(42)53-49(54)35-18-14-16-33(30-35)46(51)34-17-15-19-36(31-34)55-43-27-11-13-29-45(43)57(37-20-4-2-5-21-37,38-22-6-3-7-23-38)48-47-40(32-52-50(48)55)39-24-8-12-28-44(39)56-47/h2-32,46H,1H3. The minimum absolute atomic E-state index is 0.554. The van der Waals surface area contributed by atoms with Crippen LogP contribution < -0.4 is 25.6 Å². The van der Waals surface area contributed by atoms with Gasteiger partial charge in [-0.25, -0.2) is 14.4 Å². The molecule has 0 fully saturated rings. The van der Waals surface area contributed by atoms with E-state index in [4.69, 9.17) is 14.4 Å². The van der Waals surface area contributed by atoms with Crippen LogP contribution in [0.25, 0.3) is 44.4 Å². The molecule has 1 atom stereocenters. The van der Waals surface area contributed by atoms with Gasteiger partial charge >= 0.3 is 0 Å². The molecule has 3 aromatic heterocycles. The number of para-hydroxylation sites is 4. The van der Waals surface area contributed by atoms with Gasteiger partial charge in [-0.3, -0.25) is 4.90 Å². The lowest BCUT2D eigenvalue weighted by molar-refractivity contribution is 0.402. The van der Waals surface area contributed by atoms with E-state index in [0.717, 1.165) is 66.7 Å². The molecule has 10 aromatic rings. The van der Waals surface area contributed by atoms with Crippen molar-refractivity contribution < 1.29 is 8.81 Å². The number of furan rings is 1. The van der Waals surface area contributed by atoms with Gasteiger partial charge in [0.2, 0.25) is 0 Å². The Hall–Kier alpha value is -7.09. The first kappa shape index (κ1) is 33.3. The maximum absolute atomic E-state index is 17.0. The van der Waals surface area contributed by atoms with E-state index < -0.39 is 14.2 Å². The summed E-state index contributed by atoms with van der Waals surface area (Å²) in [6.07, 6.45) is 0.566. The lowest BCUT2D eigenvalue weighted by Gasteiger charge is -2.44. The predicted octanol–water partition coefficient (Wildman–Crippen LogP) is 9.75. The van der Waals surface area contributed by atoms with Crippen molar-refractivity contribution in [3.63, 3.8) is 0 Å². The zero-order chi connectivity index (χ0) is 38.1. The van der Waals surface area contributed by atoms with Crippen LogP contribution in [0.1, 0.15) is 17.3 Å². The van der Waals surface area contributed by atoms with Crippen molar-refractivity contribution in [1.29, 1.82) is 0 Å². The second-order valence-electron chi connectivity index (χ2n) is 14.7. The van der Waals surface area contributed by atoms with Crippen LogP contribution in [0.5, 0.6) is 0 Å². The molecule has 57 heavy (non-hydrogen) atoms. The van der Waals surface area contributed by atoms with Gasteiger partial charge in [0, 0.05) is 46.1 Å². The molecule has 7 aromatic carbocycles. The first-order valence-corrected chi connectivity index (χ1v) is 21.2. The van der Waals surface area contributed by atoms with E-state index >= 15 is 4.39 Å². The highest BCUT2D eigenvalue weighted by atomic mass is 28.3. The Morgan fingerprint density at radius 1 is 0.632 bits per heavy atom. The highest BCUT2D eigenvalue weighted by molar-refractivity contribution is 7.22. The predicted molar refractivity (Wildman–Crippen MR) is 232 cm³/mol. The topological polar surface area (TPSA) is 47.1 Å². The van der Waals surface area contributed by atoms with Crippen molar-refractivity contribution in [2.75, 3.05) is 4.90 Å². The van der Waals surface area contributed by atoms with Crippen molar-refractivity contribution in [2.45, 2.75) is 6.17 Å². The largest absolute Gasteiger partial charge is 0.456 e. The molecular weight excluding hydrogens is 720 g/mol. The van der Waals surface area contributed by atoms with Crippen LogP contribution in [0.4, 0.5) is 21.6 Å². The highest BCUT2D eigenvalue weighted by Crippen LogP contribution is 2.42. The molecule has 0 aliphatic carbocycles. The molecule has 5 nitrogen and oxygen atoms in total. The lowest BCUT2D eigenvalue weighted by Crippen LogP contribution is -2.77. The number of fused-ring (bicyclic) bond motifs is 7. The van der Waals surface area contributed by atoms with E-state index in [-0.39, 0.29) is 0 Å². The zero-order valence-corrected chi connectivity index (χ0v) is 32.1. The Morgan fingerprint density at radius 2 is 1.30 bits per heavy atom. The van der Waals surface area contributed by atoms with E-state index in [0.29, 0.717) is 11.1 Å². The SMILES string of the molecule is Cn1c(-c2cccc(C(F)c3cccc(N4c5ccccc5[Si](c5ccccc5)(c5ccccc5)c5c4ncc4c5oc5ccccc54)c3)c2)nc2ccccc21. The Labute approximate surface area is 330 Å². The third kappa shape index (κ3) is 4.99. The quantitative estimate of drug-likeness (QED) is 0.159. The number of nitrogens with zero attached hydrogens (tertiary/aromatic N) is 4. The number of imidazole rings is 1. The lowest BCUT2D eigenvalue weighted by atomic mass is 9.99. The number of rotatable bonds is 6. The normalized spacial score (nSPS) is 13.8. The molecule has 0 saturated carbocycles. The Bertz CT molecular complexity index is 3100. The zero-order valence-electron chi connectivity index (χ0n) is 31.1. The molecule has 4 heterocycles. The van der Waals surface area contributed by atoms with E-state index in [1.54, 1.807) is 0 Å². The van der Waals surface area contributed by atoms with Crippen LogP contribution in [0.2, 0.25) is 0 Å². The van der Waals surface area contributed by atoms with Crippen LogP contribution in [0.15, 0.2) is 193 Å². The van der Waals surface area contributed by atoms with Crippen molar-refractivity contribution in [3.05, 3.63) is 199 Å². The Kier molecular flexibility index (Phi) is 7.59. The monoisotopic (exact) mass is 754 g/mol. The molecule has 272 valence electrons. The molecule has 0 bridgehead atoms. The summed E-state index contributed by atoms with van der Waals surface area (Å²) in [5, 5.41) is 6.76. The molecular formula is C50H35FN4OSi. The fraction of sp³-hybridized carbons (Fsp3) is 0.0400. The maximum Gasteiger partial charge on any atom is 0.191 e. The molecule has 0 saturated heterocycles. The molecule has 0 spiro atoms. The van der Waals surface area contributed by atoms with E-state index in [2.05, 4.69) is 113 Å². The minimum atomic E-state index is -3.10. The number of aryl methyl sites for hydroxylation is 1. The summed E-state index contributed by atoms with van der Waals surface area (Å²) in [7, 11) is -1.10. The summed E-state index contributed by atoms with van der Waals surface area (Å²) in [4.78, 5) is 12.5. The molecule has 7 heteroatoms. The van der Waals surface area contributed by atoms with Gasteiger partial charge in [0.25, 0.3) is 0 Å². The van der Waals surface area contributed by atoms with Gasteiger partial charge in [-0.15, -0.1) is 0 Å². The Balaban J connectivity index is 1.13. The molecule has 0 amide bonds. The Morgan fingerprint density at radius 3 is 2.09 bits per heavy atom. The van der Waals surface area contributed by atoms with Gasteiger partial charge in [0.15, 0.2) is 14.2 Å². The van der Waals surface area contributed by atoms with Crippen LogP contribution in [-0.4, -0.2) is 22.6 Å². The third-order valence-corrected chi connectivity index (χ3v) is 16.4. The second-order valence-corrected chi connectivity index (χ2v) is 18.4.